The zero-order chi connectivity index (χ0) is 22.4. The van der Waals surface area contributed by atoms with Crippen LogP contribution in [-0.2, 0) is 19.9 Å². The molecule has 0 radical (unpaired) electrons. The van der Waals surface area contributed by atoms with E-state index >= 15 is 0 Å². The van der Waals surface area contributed by atoms with Gasteiger partial charge in [-0.15, -0.1) is 0 Å². The van der Waals surface area contributed by atoms with E-state index in [4.69, 9.17) is 0 Å². The zero-order valence-electron chi connectivity index (χ0n) is 17.3. The maximum absolute atomic E-state index is 14.3. The minimum absolute atomic E-state index is 0.116. The molecule has 0 unspecified atom stereocenters. The summed E-state index contributed by atoms with van der Waals surface area (Å²) in [7, 11) is 0. The Labute approximate surface area is 183 Å². The number of nitrogens with zero attached hydrogens (tertiary/aromatic N) is 2. The molecule has 4 atom stereocenters. The molecule has 2 aromatic carbocycles. The second kappa shape index (κ2) is 6.32. The van der Waals surface area contributed by atoms with E-state index in [1.54, 1.807) is 24.3 Å². The Bertz CT molecular complexity index is 1230. The molecule has 7 nitrogen and oxygen atoms in total. The van der Waals surface area contributed by atoms with Gasteiger partial charge in [0.05, 0.1) is 17.5 Å². The molecule has 0 saturated carbocycles. The molecule has 162 valence electrons. The smallest absolute Gasteiger partial charge is 0.250 e. The first-order valence-corrected chi connectivity index (χ1v) is 10.7. The standard InChI is InChI=1S/C24H20FN3O4/c1-12(29)13-4-7-15(8-5-13)28-21(30)19-18-3-2-10-27(18)24(20(19)22(28)31)16-11-14(25)6-9-17(16)26-23(24)32/h4-9,11,18-20H,2-3,10H2,1H3,(H,26,32)/t18-,19+,20+,24+/m0/s1. The first-order valence-electron chi connectivity index (χ1n) is 10.7. The van der Waals surface area contributed by atoms with E-state index in [0.29, 0.717) is 35.5 Å². The second-order valence-electron chi connectivity index (χ2n) is 8.93. The molecular formula is C24H20FN3O4. The highest BCUT2D eigenvalue weighted by molar-refractivity contribution is 6.26. The lowest BCUT2D eigenvalue weighted by Gasteiger charge is -2.36. The third-order valence-corrected chi connectivity index (χ3v) is 7.49. The van der Waals surface area contributed by atoms with Crippen molar-refractivity contribution in [1.29, 1.82) is 0 Å². The Balaban J connectivity index is 1.51. The van der Waals surface area contributed by atoms with Crippen LogP contribution in [-0.4, -0.2) is 41.0 Å². The molecule has 32 heavy (non-hydrogen) atoms. The lowest BCUT2D eigenvalue weighted by molar-refractivity contribution is -0.135. The van der Waals surface area contributed by atoms with Crippen molar-refractivity contribution in [3.63, 3.8) is 0 Å². The van der Waals surface area contributed by atoms with Crippen LogP contribution in [0.1, 0.15) is 35.7 Å². The summed E-state index contributed by atoms with van der Waals surface area (Å²) in [6.45, 7) is 2.01. The molecule has 1 spiro atoms. The number of hydrogen-bond acceptors (Lipinski definition) is 5. The number of nitrogens with one attached hydrogen (secondary N) is 1. The highest BCUT2D eigenvalue weighted by atomic mass is 19.1. The number of hydrogen-bond donors (Lipinski definition) is 1. The third kappa shape index (κ3) is 2.17. The molecule has 0 aromatic heterocycles. The van der Waals surface area contributed by atoms with Crippen LogP contribution < -0.4 is 10.2 Å². The van der Waals surface area contributed by atoms with Gasteiger partial charge in [-0.1, -0.05) is 0 Å². The number of carbonyl (C=O) groups is 4. The van der Waals surface area contributed by atoms with Gasteiger partial charge in [0.25, 0.3) is 0 Å². The Morgan fingerprint density at radius 3 is 2.56 bits per heavy atom. The molecule has 3 fully saturated rings. The summed E-state index contributed by atoms with van der Waals surface area (Å²) in [5.74, 6) is -3.42. The minimum atomic E-state index is -1.40. The van der Waals surface area contributed by atoms with Crippen molar-refractivity contribution in [2.24, 2.45) is 11.8 Å². The molecule has 0 bridgehead atoms. The molecule has 4 aliphatic heterocycles. The van der Waals surface area contributed by atoms with Crippen molar-refractivity contribution in [3.8, 4) is 0 Å². The van der Waals surface area contributed by atoms with E-state index < -0.39 is 29.1 Å². The lowest BCUT2D eigenvalue weighted by atomic mass is 9.75. The number of rotatable bonds is 2. The van der Waals surface area contributed by atoms with Crippen molar-refractivity contribution in [2.75, 3.05) is 16.8 Å². The summed E-state index contributed by atoms with van der Waals surface area (Å²) in [5.41, 5.74) is 0.358. The fourth-order valence-electron chi connectivity index (χ4n) is 6.27. The number of halogens is 1. The SMILES string of the molecule is CC(=O)c1ccc(N2C(=O)[C@@H]3[C@@H]4CCCN4[C@@]4(C(=O)Nc5ccc(F)cc54)[C@H]3C2=O)cc1. The number of benzene rings is 2. The summed E-state index contributed by atoms with van der Waals surface area (Å²) in [4.78, 5) is 55.6. The highest BCUT2D eigenvalue weighted by Crippen LogP contribution is 2.60. The first kappa shape index (κ1) is 19.3. The Morgan fingerprint density at radius 1 is 1.09 bits per heavy atom. The molecule has 0 aliphatic carbocycles. The molecule has 3 saturated heterocycles. The topological polar surface area (TPSA) is 86.8 Å². The van der Waals surface area contributed by atoms with Gasteiger partial charge in [-0.2, -0.15) is 0 Å². The largest absolute Gasteiger partial charge is 0.324 e. The van der Waals surface area contributed by atoms with Crippen molar-refractivity contribution in [2.45, 2.75) is 31.3 Å². The molecular weight excluding hydrogens is 413 g/mol. The fourth-order valence-corrected chi connectivity index (χ4v) is 6.27. The van der Waals surface area contributed by atoms with Crippen LogP contribution in [0.15, 0.2) is 42.5 Å². The van der Waals surface area contributed by atoms with Crippen LogP contribution >= 0.6 is 0 Å². The summed E-state index contributed by atoms with van der Waals surface area (Å²) in [5, 5.41) is 2.83. The van der Waals surface area contributed by atoms with E-state index in [1.165, 1.54) is 25.1 Å². The molecule has 2 aromatic rings. The van der Waals surface area contributed by atoms with Crippen LogP contribution in [0.4, 0.5) is 15.8 Å². The molecule has 1 N–H and O–H groups in total. The Hall–Kier alpha value is -3.39. The maximum Gasteiger partial charge on any atom is 0.250 e. The number of carbonyl (C=O) groups excluding carboxylic acids is 4. The summed E-state index contributed by atoms with van der Waals surface area (Å²) in [6, 6.07) is 10.1. The maximum atomic E-state index is 14.3. The van der Waals surface area contributed by atoms with Gasteiger partial charge in [-0.3, -0.25) is 24.1 Å². The van der Waals surface area contributed by atoms with E-state index in [1.807, 2.05) is 4.90 Å². The van der Waals surface area contributed by atoms with Crippen molar-refractivity contribution in [3.05, 3.63) is 59.4 Å². The first-order chi connectivity index (χ1) is 15.4. The predicted molar refractivity (Wildman–Crippen MR) is 112 cm³/mol. The van der Waals surface area contributed by atoms with Gasteiger partial charge in [-0.05, 0) is 68.8 Å². The number of Topliss-reactive ketones (excluding diaryl/α,β-unsaturated/α-hetero) is 1. The molecule has 3 amide bonds. The van der Waals surface area contributed by atoms with E-state index in [-0.39, 0.29) is 23.6 Å². The summed E-state index contributed by atoms with van der Waals surface area (Å²) >= 11 is 0. The molecule has 4 aliphatic rings. The van der Waals surface area contributed by atoms with Crippen LogP contribution in [0.5, 0.6) is 0 Å². The number of anilines is 2. The second-order valence-corrected chi connectivity index (χ2v) is 8.93. The van der Waals surface area contributed by atoms with Gasteiger partial charge in [-0.25, -0.2) is 9.29 Å². The van der Waals surface area contributed by atoms with Gasteiger partial charge >= 0.3 is 0 Å². The molecule has 6 rings (SSSR count). The van der Waals surface area contributed by atoms with Crippen LogP contribution in [0, 0.1) is 17.7 Å². The number of fused-ring (bicyclic) bond motifs is 7. The minimum Gasteiger partial charge on any atom is -0.324 e. The number of amides is 3. The Kier molecular flexibility index (Phi) is 3.81. The normalized spacial score (nSPS) is 30.6. The summed E-state index contributed by atoms with van der Waals surface area (Å²) < 4.78 is 14.3. The van der Waals surface area contributed by atoms with Crippen molar-refractivity contribution in [1.82, 2.24) is 4.90 Å². The molecule has 4 heterocycles. The zero-order valence-corrected chi connectivity index (χ0v) is 17.3. The van der Waals surface area contributed by atoms with E-state index in [2.05, 4.69) is 5.32 Å². The van der Waals surface area contributed by atoms with E-state index in [0.717, 1.165) is 11.3 Å². The van der Waals surface area contributed by atoms with E-state index in [9.17, 15) is 23.6 Å². The predicted octanol–water partition coefficient (Wildman–Crippen LogP) is 2.46. The van der Waals surface area contributed by atoms with Crippen LogP contribution in [0.2, 0.25) is 0 Å². The highest BCUT2D eigenvalue weighted by Gasteiger charge is 2.74. The molecule has 8 heteroatoms. The average molecular weight is 433 g/mol. The monoisotopic (exact) mass is 433 g/mol. The third-order valence-electron chi connectivity index (χ3n) is 7.49. The Morgan fingerprint density at radius 2 is 1.84 bits per heavy atom. The lowest BCUT2D eigenvalue weighted by Crippen LogP contribution is -2.54. The van der Waals surface area contributed by atoms with Gasteiger partial charge < -0.3 is 5.32 Å². The quantitative estimate of drug-likeness (QED) is 0.581. The van der Waals surface area contributed by atoms with Gasteiger partial charge in [0.2, 0.25) is 17.7 Å². The number of imide groups is 1. The van der Waals surface area contributed by atoms with Crippen LogP contribution in [0.3, 0.4) is 0 Å². The summed E-state index contributed by atoms with van der Waals surface area (Å²) in [6.07, 6.45) is 1.49. The average Bonchev–Trinajstić information content (AvgIpc) is 3.47. The van der Waals surface area contributed by atoms with Gasteiger partial charge in [0.15, 0.2) is 5.78 Å². The van der Waals surface area contributed by atoms with Gasteiger partial charge in [0, 0.05) is 22.9 Å². The van der Waals surface area contributed by atoms with Crippen molar-refractivity contribution < 1.29 is 23.6 Å². The number of ketones is 1. The van der Waals surface area contributed by atoms with Crippen molar-refractivity contribution >= 4 is 34.9 Å². The fraction of sp³-hybridized carbons (Fsp3) is 0.333. The van der Waals surface area contributed by atoms with Crippen LogP contribution in [0.25, 0.3) is 0 Å². The van der Waals surface area contributed by atoms with Gasteiger partial charge in [0.1, 0.15) is 11.4 Å².